The molecule has 0 spiro atoms. The number of aromatic amines is 1. The summed E-state index contributed by atoms with van der Waals surface area (Å²) in [6.45, 7) is 1.99. The normalized spacial score (nSPS) is 11.5. The van der Waals surface area contributed by atoms with E-state index in [1.165, 1.54) is 12.1 Å². The SMILES string of the molecule is CCc1ccc(S(=O)(=O)NNC(=O)c2c[nH]c3ccccc23)cc1. The standard InChI is InChI=1S/C17H17N3O3S/c1-2-12-7-9-13(10-8-12)24(22,23)20-19-17(21)15-11-18-16-6-4-3-5-14(15)16/h3-11,18,20H,2H2,1H3,(H,19,21). The molecule has 3 aromatic rings. The molecule has 124 valence electrons. The largest absolute Gasteiger partial charge is 0.360 e. The first-order valence-corrected chi connectivity index (χ1v) is 8.97. The zero-order valence-electron chi connectivity index (χ0n) is 13.0. The van der Waals surface area contributed by atoms with E-state index >= 15 is 0 Å². The Kier molecular flexibility index (Phi) is 4.37. The third-order valence-electron chi connectivity index (χ3n) is 3.77. The number of hydrogen-bond acceptors (Lipinski definition) is 3. The third-order valence-corrected chi connectivity index (χ3v) is 5.04. The molecule has 3 rings (SSSR count). The highest BCUT2D eigenvalue weighted by molar-refractivity contribution is 7.89. The highest BCUT2D eigenvalue weighted by atomic mass is 32.2. The van der Waals surface area contributed by atoms with Crippen molar-refractivity contribution in [3.63, 3.8) is 0 Å². The van der Waals surface area contributed by atoms with Gasteiger partial charge in [0.15, 0.2) is 0 Å². The summed E-state index contributed by atoms with van der Waals surface area (Å²) in [6.07, 6.45) is 2.37. The van der Waals surface area contributed by atoms with Gasteiger partial charge in [-0.2, -0.15) is 0 Å². The summed E-state index contributed by atoms with van der Waals surface area (Å²) in [6, 6.07) is 13.8. The van der Waals surface area contributed by atoms with Crippen LogP contribution >= 0.6 is 0 Å². The number of sulfonamides is 1. The number of carbonyl (C=O) groups excluding carboxylic acids is 1. The predicted octanol–water partition coefficient (Wildman–Crippen LogP) is 2.35. The number of H-pyrrole nitrogens is 1. The smallest absolute Gasteiger partial charge is 0.268 e. The fraction of sp³-hybridized carbons (Fsp3) is 0.118. The van der Waals surface area contributed by atoms with E-state index in [-0.39, 0.29) is 4.90 Å². The van der Waals surface area contributed by atoms with Crippen molar-refractivity contribution < 1.29 is 13.2 Å². The number of aryl methyl sites for hydroxylation is 1. The Balaban J connectivity index is 1.75. The van der Waals surface area contributed by atoms with Crippen LogP contribution in [-0.4, -0.2) is 19.3 Å². The number of nitrogens with one attached hydrogen (secondary N) is 3. The highest BCUT2D eigenvalue weighted by Crippen LogP contribution is 2.17. The van der Waals surface area contributed by atoms with Crippen LogP contribution in [0.25, 0.3) is 10.9 Å². The number of amides is 1. The number of hydrogen-bond donors (Lipinski definition) is 3. The second-order valence-electron chi connectivity index (χ2n) is 5.31. The molecule has 0 saturated carbocycles. The molecule has 0 unspecified atom stereocenters. The molecule has 0 bridgehead atoms. The maximum absolute atomic E-state index is 12.2. The number of hydrazine groups is 1. The molecule has 1 aromatic heterocycles. The van der Waals surface area contributed by atoms with Crippen molar-refractivity contribution in [1.29, 1.82) is 0 Å². The van der Waals surface area contributed by atoms with Crippen LogP contribution in [0, 0.1) is 0 Å². The van der Waals surface area contributed by atoms with Crippen LogP contribution in [0.4, 0.5) is 0 Å². The summed E-state index contributed by atoms with van der Waals surface area (Å²) in [5.74, 6) is -0.527. The maximum atomic E-state index is 12.2. The van der Waals surface area contributed by atoms with Crippen LogP contribution in [0.15, 0.2) is 59.6 Å². The minimum absolute atomic E-state index is 0.0962. The van der Waals surface area contributed by atoms with Gasteiger partial charge in [-0.15, -0.1) is 4.83 Å². The van der Waals surface area contributed by atoms with Crippen LogP contribution in [0.5, 0.6) is 0 Å². The first kappa shape index (κ1) is 16.2. The van der Waals surface area contributed by atoms with Gasteiger partial charge < -0.3 is 4.98 Å². The minimum Gasteiger partial charge on any atom is -0.360 e. The Morgan fingerprint density at radius 3 is 2.50 bits per heavy atom. The van der Waals surface area contributed by atoms with Gasteiger partial charge in [-0.05, 0) is 30.2 Å². The number of rotatable bonds is 5. The molecule has 0 fully saturated rings. The Hall–Kier alpha value is -2.64. The van der Waals surface area contributed by atoms with Gasteiger partial charge in [0.1, 0.15) is 0 Å². The van der Waals surface area contributed by atoms with Gasteiger partial charge in [-0.3, -0.25) is 10.2 Å². The third kappa shape index (κ3) is 3.17. The summed E-state index contributed by atoms with van der Waals surface area (Å²) < 4.78 is 24.5. The molecule has 1 heterocycles. The summed E-state index contributed by atoms with van der Waals surface area (Å²) >= 11 is 0. The first-order valence-electron chi connectivity index (χ1n) is 7.48. The zero-order valence-corrected chi connectivity index (χ0v) is 13.9. The number of fused-ring (bicyclic) bond motifs is 1. The Labute approximate surface area is 139 Å². The van der Waals surface area contributed by atoms with Crippen molar-refractivity contribution in [2.45, 2.75) is 18.2 Å². The van der Waals surface area contributed by atoms with Crippen LogP contribution < -0.4 is 10.3 Å². The average Bonchev–Trinajstić information content (AvgIpc) is 3.04. The molecule has 24 heavy (non-hydrogen) atoms. The lowest BCUT2D eigenvalue weighted by Crippen LogP contribution is -2.41. The number of aromatic nitrogens is 1. The fourth-order valence-corrected chi connectivity index (χ4v) is 3.24. The molecular weight excluding hydrogens is 326 g/mol. The Bertz CT molecular complexity index is 976. The van der Waals surface area contributed by atoms with Gasteiger partial charge in [0.25, 0.3) is 15.9 Å². The number of carbonyl (C=O) groups is 1. The quantitative estimate of drug-likeness (QED) is 0.621. The molecule has 0 radical (unpaired) electrons. The maximum Gasteiger partial charge on any atom is 0.268 e. The van der Waals surface area contributed by atoms with Crippen molar-refractivity contribution in [3.8, 4) is 0 Å². The summed E-state index contributed by atoms with van der Waals surface area (Å²) in [7, 11) is -3.82. The zero-order chi connectivity index (χ0) is 17.2. The second-order valence-corrected chi connectivity index (χ2v) is 6.99. The van der Waals surface area contributed by atoms with Crippen LogP contribution in [0.2, 0.25) is 0 Å². The molecule has 0 aliphatic heterocycles. The van der Waals surface area contributed by atoms with Crippen molar-refractivity contribution in [2.24, 2.45) is 0 Å². The van der Waals surface area contributed by atoms with Gasteiger partial charge in [-0.1, -0.05) is 37.3 Å². The van der Waals surface area contributed by atoms with Crippen molar-refractivity contribution in [2.75, 3.05) is 0 Å². The van der Waals surface area contributed by atoms with Crippen LogP contribution in [-0.2, 0) is 16.4 Å². The van der Waals surface area contributed by atoms with E-state index in [4.69, 9.17) is 0 Å². The summed E-state index contributed by atoms with van der Waals surface area (Å²) in [5.41, 5.74) is 4.46. The Morgan fingerprint density at radius 2 is 1.79 bits per heavy atom. The monoisotopic (exact) mass is 343 g/mol. The van der Waals surface area contributed by atoms with E-state index in [2.05, 4.69) is 15.2 Å². The van der Waals surface area contributed by atoms with Gasteiger partial charge in [0.2, 0.25) is 0 Å². The molecular formula is C17H17N3O3S. The van der Waals surface area contributed by atoms with Crippen LogP contribution in [0.3, 0.4) is 0 Å². The molecule has 1 amide bonds. The molecule has 6 nitrogen and oxygen atoms in total. The molecule has 0 aliphatic carbocycles. The molecule has 0 saturated heterocycles. The van der Waals surface area contributed by atoms with Crippen molar-refractivity contribution in [1.82, 2.24) is 15.2 Å². The predicted molar refractivity (Wildman–Crippen MR) is 91.9 cm³/mol. The van der Waals surface area contributed by atoms with Gasteiger partial charge in [0.05, 0.1) is 10.5 Å². The van der Waals surface area contributed by atoms with Crippen LogP contribution in [0.1, 0.15) is 22.8 Å². The molecule has 0 atom stereocenters. The van der Waals surface area contributed by atoms with E-state index < -0.39 is 15.9 Å². The molecule has 0 aliphatic rings. The van der Waals surface area contributed by atoms with Crippen molar-refractivity contribution in [3.05, 3.63) is 65.9 Å². The topological polar surface area (TPSA) is 91.1 Å². The second kappa shape index (κ2) is 6.46. The number of para-hydroxylation sites is 1. The Morgan fingerprint density at radius 1 is 1.08 bits per heavy atom. The van der Waals surface area contributed by atoms with E-state index in [1.54, 1.807) is 24.4 Å². The first-order chi connectivity index (χ1) is 11.5. The number of benzene rings is 2. The summed E-state index contributed by atoms with van der Waals surface area (Å²) in [5, 5.41) is 0.724. The van der Waals surface area contributed by atoms with Gasteiger partial charge in [-0.25, -0.2) is 8.42 Å². The lowest BCUT2D eigenvalue weighted by Gasteiger charge is -2.08. The van der Waals surface area contributed by atoms with E-state index in [0.717, 1.165) is 22.9 Å². The molecule has 3 N–H and O–H groups in total. The fourth-order valence-electron chi connectivity index (χ4n) is 2.40. The molecule has 2 aromatic carbocycles. The van der Waals surface area contributed by atoms with E-state index in [9.17, 15) is 13.2 Å². The van der Waals surface area contributed by atoms with Crippen molar-refractivity contribution >= 4 is 26.8 Å². The van der Waals surface area contributed by atoms with E-state index in [1.807, 2.05) is 25.1 Å². The lowest BCUT2D eigenvalue weighted by atomic mass is 10.2. The van der Waals surface area contributed by atoms with Gasteiger partial charge in [0, 0.05) is 17.1 Å². The highest BCUT2D eigenvalue weighted by Gasteiger charge is 2.17. The lowest BCUT2D eigenvalue weighted by molar-refractivity contribution is 0.0947. The molecule has 7 heteroatoms. The van der Waals surface area contributed by atoms with E-state index in [0.29, 0.717) is 5.56 Å². The summed E-state index contributed by atoms with van der Waals surface area (Å²) in [4.78, 5) is 17.4. The van der Waals surface area contributed by atoms with Gasteiger partial charge >= 0.3 is 0 Å². The minimum atomic E-state index is -3.82. The average molecular weight is 343 g/mol.